The zero-order chi connectivity index (χ0) is 6.69. The molecule has 0 radical (unpaired) electrons. The standard InChI is InChI=1S/C8H11.Na/c1-2-5-8-6-3-4-7-8;/h3,6H,2,4-5H2,1H3;. The fourth-order valence-electron chi connectivity index (χ4n) is 1.22. The molecule has 0 aromatic rings. The molecule has 0 fully saturated rings. The van der Waals surface area contributed by atoms with Gasteiger partial charge in [-0.05, 0) is 0 Å². The van der Waals surface area contributed by atoms with Crippen LogP contribution in [0.15, 0.2) is 20.5 Å². The predicted molar refractivity (Wildman–Crippen MR) is 41.4 cm³/mol. The molecule has 9 heavy (non-hydrogen) atoms. The fourth-order valence-corrected chi connectivity index (χ4v) is 1.87. The van der Waals surface area contributed by atoms with E-state index >= 15 is 0 Å². The maximum atomic E-state index is 2.30. The first-order chi connectivity index (χ1) is 4.34. The summed E-state index contributed by atoms with van der Waals surface area (Å²) in [5.74, 6) is 0. The van der Waals surface area contributed by atoms with Gasteiger partial charge in [-0.15, -0.1) is 0 Å². The molecule has 44 valence electrons. The van der Waals surface area contributed by atoms with E-state index in [4.69, 9.17) is 0 Å². The molecule has 0 nitrogen and oxygen atoms in total. The first-order valence-electron chi connectivity index (χ1n) is 3.69. The van der Waals surface area contributed by atoms with Crippen molar-refractivity contribution < 1.29 is 0 Å². The average Bonchev–Trinajstić information content (AvgIpc) is 2.18. The number of allylic oxidation sites excluding steroid dienone is 4. The van der Waals surface area contributed by atoms with Crippen LogP contribution >= 0.6 is 0 Å². The first-order valence-corrected chi connectivity index (χ1v) is 4.69. The molecule has 1 rings (SSSR count). The summed E-state index contributed by atoms with van der Waals surface area (Å²) in [6.45, 7) is 2.24. The molecule has 0 bridgehead atoms. The average molecular weight is 130 g/mol. The summed E-state index contributed by atoms with van der Waals surface area (Å²) in [5, 5.41) is 0. The molecule has 0 atom stereocenters. The van der Waals surface area contributed by atoms with E-state index in [9.17, 15) is 0 Å². The summed E-state index contributed by atoms with van der Waals surface area (Å²) in [4.78, 5) is 0. The molecular formula is C8H11Na. The Labute approximate surface area is 74.4 Å². The zero-order valence-corrected chi connectivity index (χ0v) is 8.28. The fraction of sp³-hybridized carbons (Fsp3) is 0.500. The Hall–Kier alpha value is 0.480. The Morgan fingerprint density at radius 2 is 2.44 bits per heavy atom. The quantitative estimate of drug-likeness (QED) is 0.502. The Balaban J connectivity index is 2.54. The van der Waals surface area contributed by atoms with Crippen molar-refractivity contribution in [2.45, 2.75) is 26.2 Å². The van der Waals surface area contributed by atoms with E-state index in [1.54, 1.807) is 8.40 Å². The van der Waals surface area contributed by atoms with E-state index in [2.05, 4.69) is 19.1 Å². The van der Waals surface area contributed by atoms with Crippen molar-refractivity contribution in [3.63, 3.8) is 0 Å². The first kappa shape index (κ1) is 7.59. The molecule has 0 aliphatic heterocycles. The van der Waals surface area contributed by atoms with Crippen LogP contribution in [0.1, 0.15) is 26.2 Å². The van der Waals surface area contributed by atoms with Gasteiger partial charge in [0, 0.05) is 0 Å². The van der Waals surface area contributed by atoms with Crippen molar-refractivity contribution in [2.75, 3.05) is 0 Å². The van der Waals surface area contributed by atoms with Gasteiger partial charge in [-0.2, -0.15) is 0 Å². The zero-order valence-electron chi connectivity index (χ0n) is 6.28. The molecule has 0 heterocycles. The molecule has 1 aliphatic carbocycles. The van der Waals surface area contributed by atoms with Crippen molar-refractivity contribution in [2.24, 2.45) is 0 Å². The Morgan fingerprint density at radius 3 is 2.89 bits per heavy atom. The van der Waals surface area contributed by atoms with Gasteiger partial charge in [-0.1, -0.05) is 0 Å². The third kappa shape index (κ3) is 1.96. The van der Waals surface area contributed by atoms with Crippen LogP contribution in [0.3, 0.4) is 0 Å². The molecule has 1 heteroatoms. The molecule has 0 saturated heterocycles. The summed E-state index contributed by atoms with van der Waals surface area (Å²) in [6, 6.07) is 0. The third-order valence-corrected chi connectivity index (χ3v) is 2.86. The second-order valence-corrected chi connectivity index (χ2v) is 3.87. The Kier molecular flexibility index (Phi) is 3.03. The molecule has 1 aliphatic rings. The van der Waals surface area contributed by atoms with E-state index < -0.39 is 0 Å². The Morgan fingerprint density at radius 1 is 1.67 bits per heavy atom. The van der Waals surface area contributed by atoms with Crippen LogP contribution in [0.2, 0.25) is 0 Å². The second kappa shape index (κ2) is 3.60. The van der Waals surface area contributed by atoms with Gasteiger partial charge in [-0.3, -0.25) is 0 Å². The molecule has 0 spiro atoms. The number of hydrogen-bond acceptors (Lipinski definition) is 0. The summed E-state index contributed by atoms with van der Waals surface area (Å²) >= 11 is 1.27. The molecule has 0 N–H and O–H groups in total. The molecular weight excluding hydrogens is 119 g/mol. The minimum atomic E-state index is 1.25. The van der Waals surface area contributed by atoms with Gasteiger partial charge in [0.15, 0.2) is 0 Å². The van der Waals surface area contributed by atoms with Crippen molar-refractivity contribution in [1.29, 1.82) is 0 Å². The predicted octanol–water partition coefficient (Wildman–Crippen LogP) is 2.17. The van der Waals surface area contributed by atoms with Crippen LogP contribution in [-0.2, 0) is 0 Å². The molecule has 0 amide bonds. The van der Waals surface area contributed by atoms with Crippen LogP contribution in [0.4, 0.5) is 0 Å². The van der Waals surface area contributed by atoms with Gasteiger partial charge in [0.05, 0.1) is 0 Å². The summed E-state index contributed by atoms with van der Waals surface area (Å²) < 4.78 is 1.71. The van der Waals surface area contributed by atoms with E-state index in [0.29, 0.717) is 0 Å². The molecule has 0 saturated carbocycles. The van der Waals surface area contributed by atoms with E-state index in [-0.39, 0.29) is 0 Å². The van der Waals surface area contributed by atoms with Crippen LogP contribution in [-0.4, -0.2) is 27.9 Å². The summed E-state index contributed by atoms with van der Waals surface area (Å²) in [6.07, 6.45) is 8.43. The molecule has 0 aromatic carbocycles. The van der Waals surface area contributed by atoms with Crippen molar-refractivity contribution in [3.05, 3.63) is 20.5 Å². The van der Waals surface area contributed by atoms with Gasteiger partial charge < -0.3 is 0 Å². The van der Waals surface area contributed by atoms with E-state index in [1.807, 2.05) is 0 Å². The number of rotatable bonds is 2. The van der Waals surface area contributed by atoms with Crippen molar-refractivity contribution in [1.82, 2.24) is 0 Å². The monoisotopic (exact) mass is 130 g/mol. The number of hydrogen-bond donors (Lipinski definition) is 0. The van der Waals surface area contributed by atoms with Crippen molar-refractivity contribution in [3.8, 4) is 0 Å². The van der Waals surface area contributed by atoms with Gasteiger partial charge in [0.2, 0.25) is 0 Å². The Bertz CT molecular complexity index is 154. The second-order valence-electron chi connectivity index (χ2n) is 2.66. The van der Waals surface area contributed by atoms with Gasteiger partial charge >= 0.3 is 74.7 Å². The minimum absolute atomic E-state index is 1.25. The van der Waals surface area contributed by atoms with E-state index in [0.717, 1.165) is 0 Å². The van der Waals surface area contributed by atoms with Crippen LogP contribution in [0.25, 0.3) is 0 Å². The van der Waals surface area contributed by atoms with Crippen LogP contribution in [0.5, 0.6) is 0 Å². The van der Waals surface area contributed by atoms with Gasteiger partial charge in [0.25, 0.3) is 0 Å². The van der Waals surface area contributed by atoms with E-state index in [1.165, 1.54) is 47.2 Å². The summed E-state index contributed by atoms with van der Waals surface area (Å²) in [5.41, 5.74) is 1.63. The SMILES string of the molecule is CCCC1=[C]([Na])CC=C1. The topological polar surface area (TPSA) is 0 Å². The van der Waals surface area contributed by atoms with Gasteiger partial charge in [0.1, 0.15) is 0 Å². The molecule has 0 unspecified atom stereocenters. The molecule has 0 aromatic heterocycles. The third-order valence-electron chi connectivity index (χ3n) is 1.81. The maximum absolute atomic E-state index is 2.30. The van der Waals surface area contributed by atoms with Crippen LogP contribution in [0, 0.1) is 0 Å². The van der Waals surface area contributed by atoms with Crippen LogP contribution < -0.4 is 0 Å². The van der Waals surface area contributed by atoms with Crippen molar-refractivity contribution >= 4 is 27.9 Å². The van der Waals surface area contributed by atoms with Gasteiger partial charge in [-0.25, -0.2) is 0 Å². The normalized spacial score (nSPS) is 17.7. The summed E-state index contributed by atoms with van der Waals surface area (Å²) in [7, 11) is 0.